The van der Waals surface area contributed by atoms with Crippen molar-refractivity contribution in [3.8, 4) is 5.75 Å². The molecule has 1 saturated carbocycles. The third-order valence-corrected chi connectivity index (χ3v) is 4.60. The summed E-state index contributed by atoms with van der Waals surface area (Å²) >= 11 is 0. The molecule has 0 bridgehead atoms. The summed E-state index contributed by atoms with van der Waals surface area (Å²) in [7, 11) is 0. The molecule has 1 aliphatic rings. The molecule has 1 atom stereocenters. The van der Waals surface area contributed by atoms with Gasteiger partial charge in [0.2, 0.25) is 5.91 Å². The van der Waals surface area contributed by atoms with Gasteiger partial charge in [0.25, 0.3) is 0 Å². The minimum Gasteiger partial charge on any atom is -0.494 e. The maximum absolute atomic E-state index is 12.4. The van der Waals surface area contributed by atoms with Crippen LogP contribution in [0, 0.1) is 5.41 Å². The summed E-state index contributed by atoms with van der Waals surface area (Å²) in [6.07, 6.45) is 2.82. The van der Waals surface area contributed by atoms with E-state index in [1.807, 2.05) is 38.1 Å². The number of nitrogens with one attached hydrogen (secondary N) is 1. The van der Waals surface area contributed by atoms with E-state index >= 15 is 0 Å². The molecule has 1 unspecified atom stereocenters. The van der Waals surface area contributed by atoms with Crippen LogP contribution >= 0.6 is 0 Å². The van der Waals surface area contributed by atoms with Crippen molar-refractivity contribution in [3.05, 3.63) is 29.8 Å². The van der Waals surface area contributed by atoms with Crippen LogP contribution in [-0.4, -0.2) is 23.6 Å². The van der Waals surface area contributed by atoms with Crippen molar-refractivity contribution in [3.63, 3.8) is 0 Å². The van der Waals surface area contributed by atoms with Crippen molar-refractivity contribution < 1.29 is 19.4 Å². The topological polar surface area (TPSA) is 75.6 Å². The van der Waals surface area contributed by atoms with Gasteiger partial charge in [-0.1, -0.05) is 31.5 Å². The number of rotatable bonds is 8. The standard InChI is InChI=1S/C18H25NO4/c1-3-14(13-8-5-6-9-15(13)23-4-2)19-16(20)12-18(17(21)22)10-7-11-18/h5-6,8-9,14H,3-4,7,10-12H2,1-2H3,(H,19,20)(H,21,22). The van der Waals surface area contributed by atoms with Gasteiger partial charge < -0.3 is 15.2 Å². The van der Waals surface area contributed by atoms with E-state index in [4.69, 9.17) is 4.74 Å². The molecule has 0 heterocycles. The molecule has 1 aromatic rings. The van der Waals surface area contributed by atoms with Crippen molar-refractivity contribution in [2.24, 2.45) is 5.41 Å². The molecule has 5 heteroatoms. The number of ether oxygens (including phenoxy) is 1. The highest BCUT2D eigenvalue weighted by molar-refractivity contribution is 5.85. The van der Waals surface area contributed by atoms with Crippen LogP contribution in [0.25, 0.3) is 0 Å². The van der Waals surface area contributed by atoms with Gasteiger partial charge in [-0.2, -0.15) is 0 Å². The van der Waals surface area contributed by atoms with E-state index in [1.165, 1.54) is 0 Å². The van der Waals surface area contributed by atoms with Gasteiger partial charge >= 0.3 is 5.97 Å². The smallest absolute Gasteiger partial charge is 0.310 e. The Balaban J connectivity index is 2.07. The lowest BCUT2D eigenvalue weighted by atomic mass is 9.66. The molecule has 0 radical (unpaired) electrons. The molecule has 23 heavy (non-hydrogen) atoms. The Morgan fingerprint density at radius 2 is 2.00 bits per heavy atom. The molecule has 5 nitrogen and oxygen atoms in total. The zero-order valence-corrected chi connectivity index (χ0v) is 13.8. The fraction of sp³-hybridized carbons (Fsp3) is 0.556. The summed E-state index contributed by atoms with van der Waals surface area (Å²) in [6, 6.07) is 7.47. The Kier molecular flexibility index (Phi) is 5.64. The maximum atomic E-state index is 12.4. The summed E-state index contributed by atoms with van der Waals surface area (Å²) in [5.41, 5.74) is 0.0742. The third-order valence-electron chi connectivity index (χ3n) is 4.60. The molecule has 0 aliphatic heterocycles. The van der Waals surface area contributed by atoms with E-state index in [0.29, 0.717) is 19.4 Å². The highest BCUT2D eigenvalue weighted by Crippen LogP contribution is 2.44. The normalized spacial score (nSPS) is 17.0. The molecule has 1 fully saturated rings. The predicted octanol–water partition coefficient (Wildman–Crippen LogP) is 3.30. The van der Waals surface area contributed by atoms with Gasteiger partial charge in [-0.05, 0) is 32.3 Å². The molecular weight excluding hydrogens is 294 g/mol. The molecule has 1 aliphatic carbocycles. The Morgan fingerprint density at radius 3 is 2.52 bits per heavy atom. The molecule has 2 N–H and O–H groups in total. The molecule has 0 aromatic heterocycles. The van der Waals surface area contributed by atoms with E-state index in [9.17, 15) is 14.7 Å². The van der Waals surface area contributed by atoms with Crippen LogP contribution in [0.5, 0.6) is 5.75 Å². The van der Waals surface area contributed by atoms with Crippen molar-refractivity contribution in [2.45, 2.75) is 52.0 Å². The van der Waals surface area contributed by atoms with Crippen molar-refractivity contribution in [1.29, 1.82) is 0 Å². The lowest BCUT2D eigenvalue weighted by Crippen LogP contribution is -2.43. The van der Waals surface area contributed by atoms with E-state index < -0.39 is 11.4 Å². The lowest BCUT2D eigenvalue weighted by Gasteiger charge is -2.37. The molecule has 126 valence electrons. The highest BCUT2D eigenvalue weighted by Gasteiger charge is 2.46. The Morgan fingerprint density at radius 1 is 1.30 bits per heavy atom. The Bertz CT molecular complexity index is 566. The second-order valence-electron chi connectivity index (χ2n) is 6.11. The van der Waals surface area contributed by atoms with Gasteiger partial charge in [0, 0.05) is 12.0 Å². The van der Waals surface area contributed by atoms with E-state index in [1.54, 1.807) is 0 Å². The summed E-state index contributed by atoms with van der Waals surface area (Å²) in [4.78, 5) is 23.8. The zero-order chi connectivity index (χ0) is 16.9. The first kappa shape index (κ1) is 17.3. The average Bonchev–Trinajstić information content (AvgIpc) is 2.49. The molecule has 1 amide bonds. The number of aliphatic carboxylic acids is 1. The number of hydrogen-bond donors (Lipinski definition) is 2. The van der Waals surface area contributed by atoms with Gasteiger partial charge in [-0.15, -0.1) is 0 Å². The molecule has 2 rings (SSSR count). The van der Waals surface area contributed by atoms with Crippen LogP contribution in [0.4, 0.5) is 0 Å². The average molecular weight is 319 g/mol. The summed E-state index contributed by atoms with van der Waals surface area (Å²) in [5.74, 6) is -0.300. The highest BCUT2D eigenvalue weighted by atomic mass is 16.5. The third kappa shape index (κ3) is 3.84. The van der Waals surface area contributed by atoms with Crippen molar-refractivity contribution in [1.82, 2.24) is 5.32 Å². The number of benzene rings is 1. The second-order valence-corrected chi connectivity index (χ2v) is 6.11. The van der Waals surface area contributed by atoms with Crippen molar-refractivity contribution >= 4 is 11.9 Å². The van der Waals surface area contributed by atoms with Gasteiger partial charge in [-0.25, -0.2) is 0 Å². The monoisotopic (exact) mass is 319 g/mol. The predicted molar refractivity (Wildman–Crippen MR) is 87.3 cm³/mol. The maximum Gasteiger partial charge on any atom is 0.310 e. The van der Waals surface area contributed by atoms with E-state index in [2.05, 4.69) is 5.32 Å². The lowest BCUT2D eigenvalue weighted by molar-refractivity contribution is -0.157. The van der Waals surface area contributed by atoms with Gasteiger partial charge in [0.15, 0.2) is 0 Å². The van der Waals surface area contributed by atoms with Crippen LogP contribution in [0.3, 0.4) is 0 Å². The minimum atomic E-state index is -0.860. The largest absolute Gasteiger partial charge is 0.494 e. The number of carbonyl (C=O) groups is 2. The minimum absolute atomic E-state index is 0.0512. The number of para-hydroxylation sites is 1. The molecule has 1 aromatic carbocycles. The first-order chi connectivity index (χ1) is 11.0. The Hall–Kier alpha value is -2.04. The molecule has 0 saturated heterocycles. The van der Waals surface area contributed by atoms with Crippen LogP contribution in [0.1, 0.15) is 57.6 Å². The first-order valence-electron chi connectivity index (χ1n) is 8.27. The second kappa shape index (κ2) is 7.49. The van der Waals surface area contributed by atoms with Crippen LogP contribution in [0.2, 0.25) is 0 Å². The summed E-state index contributed by atoms with van der Waals surface area (Å²) in [6.45, 7) is 4.47. The number of carbonyl (C=O) groups excluding carboxylic acids is 1. The van der Waals surface area contributed by atoms with Crippen molar-refractivity contribution in [2.75, 3.05) is 6.61 Å². The first-order valence-corrected chi connectivity index (χ1v) is 8.27. The summed E-state index contributed by atoms with van der Waals surface area (Å²) < 4.78 is 5.63. The quantitative estimate of drug-likeness (QED) is 0.771. The molecule has 0 spiro atoms. The number of carboxylic acid groups (broad SMARTS) is 1. The SMILES string of the molecule is CCOc1ccccc1C(CC)NC(=O)CC1(C(=O)O)CCC1. The number of hydrogen-bond acceptors (Lipinski definition) is 3. The Labute approximate surface area is 137 Å². The number of amides is 1. The fourth-order valence-corrected chi connectivity index (χ4v) is 3.08. The van der Waals surface area contributed by atoms with Crippen LogP contribution < -0.4 is 10.1 Å². The van der Waals surface area contributed by atoms with Gasteiger partial charge in [0.1, 0.15) is 5.75 Å². The van der Waals surface area contributed by atoms with Crippen LogP contribution in [0.15, 0.2) is 24.3 Å². The van der Waals surface area contributed by atoms with Gasteiger partial charge in [0.05, 0.1) is 18.1 Å². The summed E-state index contributed by atoms with van der Waals surface area (Å²) in [5, 5.41) is 12.3. The fourth-order valence-electron chi connectivity index (χ4n) is 3.08. The number of carboxylic acids is 1. The van der Waals surface area contributed by atoms with E-state index in [0.717, 1.165) is 24.2 Å². The zero-order valence-electron chi connectivity index (χ0n) is 13.8. The molecular formula is C18H25NO4. The van der Waals surface area contributed by atoms with Crippen LogP contribution in [-0.2, 0) is 9.59 Å². The van der Waals surface area contributed by atoms with Gasteiger partial charge in [-0.3, -0.25) is 9.59 Å². The van der Waals surface area contributed by atoms with E-state index in [-0.39, 0.29) is 18.4 Å².